The van der Waals surface area contributed by atoms with Gasteiger partial charge in [0, 0.05) is 17.1 Å². The van der Waals surface area contributed by atoms with Crippen molar-refractivity contribution in [1.29, 1.82) is 0 Å². The fraction of sp³-hybridized carbons (Fsp3) is 0.471. The van der Waals surface area contributed by atoms with E-state index in [9.17, 15) is 5.11 Å². The Morgan fingerprint density at radius 1 is 1.16 bits per heavy atom. The second kappa shape index (κ2) is 4.61. The van der Waals surface area contributed by atoms with E-state index in [-0.39, 0.29) is 5.92 Å². The molecule has 3 atom stereocenters. The molecule has 1 saturated carbocycles. The van der Waals surface area contributed by atoms with Crippen LogP contribution in [0.5, 0.6) is 0 Å². The highest BCUT2D eigenvalue weighted by Gasteiger charge is 2.41. The zero-order valence-electron chi connectivity index (χ0n) is 11.6. The predicted octanol–water partition coefficient (Wildman–Crippen LogP) is 3.88. The number of para-hydroxylation sites is 1. The Morgan fingerprint density at radius 2 is 1.95 bits per heavy atom. The summed E-state index contributed by atoms with van der Waals surface area (Å²) in [5.74, 6) is 0.858. The van der Waals surface area contributed by atoms with Crippen LogP contribution in [-0.2, 0) is 5.60 Å². The van der Waals surface area contributed by atoms with E-state index in [0.717, 1.165) is 29.3 Å². The van der Waals surface area contributed by atoms with Crippen molar-refractivity contribution in [2.45, 2.75) is 38.7 Å². The molecule has 1 aromatic carbocycles. The smallest absolute Gasteiger partial charge is 0.0945 e. The first-order valence-electron chi connectivity index (χ1n) is 7.18. The molecule has 0 bridgehead atoms. The highest BCUT2D eigenvalue weighted by atomic mass is 16.3. The normalized spacial score (nSPS) is 31.5. The van der Waals surface area contributed by atoms with Crippen LogP contribution in [0.2, 0.25) is 0 Å². The summed E-state index contributed by atoms with van der Waals surface area (Å²) in [5.41, 5.74) is 1.23. The van der Waals surface area contributed by atoms with Crippen molar-refractivity contribution in [1.82, 2.24) is 4.98 Å². The lowest BCUT2D eigenvalue weighted by Gasteiger charge is -2.41. The number of nitrogens with zero attached hydrogens (tertiary/aromatic N) is 1. The molecule has 3 unspecified atom stereocenters. The van der Waals surface area contributed by atoms with Gasteiger partial charge in [0.15, 0.2) is 0 Å². The third-order valence-electron chi connectivity index (χ3n) is 4.67. The Bertz CT molecular complexity index is 589. The van der Waals surface area contributed by atoms with Gasteiger partial charge in [-0.1, -0.05) is 44.5 Å². The number of aliphatic hydroxyl groups is 1. The molecular weight excluding hydrogens is 234 g/mol. The first kappa shape index (κ1) is 12.6. The number of benzene rings is 1. The van der Waals surface area contributed by atoms with Gasteiger partial charge in [0.1, 0.15) is 0 Å². The largest absolute Gasteiger partial charge is 0.385 e. The van der Waals surface area contributed by atoms with Crippen molar-refractivity contribution in [3.05, 3.63) is 42.1 Å². The van der Waals surface area contributed by atoms with Crippen molar-refractivity contribution in [2.24, 2.45) is 11.8 Å². The van der Waals surface area contributed by atoms with Crippen molar-refractivity contribution in [3.8, 4) is 0 Å². The molecule has 1 aliphatic rings. The standard InChI is InChI=1S/C17H21NO/c1-12-8-9-13(2)17(19,11-12)15-7-3-5-14-6-4-10-18-16(14)15/h3-7,10,12-13,19H,8-9,11H2,1-2H3. The highest BCUT2D eigenvalue weighted by molar-refractivity contribution is 5.82. The molecule has 0 saturated heterocycles. The number of hydrogen-bond donors (Lipinski definition) is 1. The van der Waals surface area contributed by atoms with Crippen molar-refractivity contribution < 1.29 is 5.11 Å². The Hall–Kier alpha value is -1.41. The summed E-state index contributed by atoms with van der Waals surface area (Å²) in [6.45, 7) is 4.39. The van der Waals surface area contributed by atoms with Crippen LogP contribution in [0.25, 0.3) is 10.9 Å². The minimum atomic E-state index is -0.731. The second-order valence-electron chi connectivity index (χ2n) is 6.09. The van der Waals surface area contributed by atoms with E-state index in [1.807, 2.05) is 24.4 Å². The average molecular weight is 255 g/mol. The maximum absolute atomic E-state index is 11.2. The lowest BCUT2D eigenvalue weighted by atomic mass is 9.68. The van der Waals surface area contributed by atoms with Crippen LogP contribution in [-0.4, -0.2) is 10.1 Å². The van der Waals surface area contributed by atoms with Gasteiger partial charge in [0.05, 0.1) is 11.1 Å². The van der Waals surface area contributed by atoms with Crippen LogP contribution in [0.1, 0.15) is 38.7 Å². The van der Waals surface area contributed by atoms with Gasteiger partial charge in [0.2, 0.25) is 0 Å². The van der Waals surface area contributed by atoms with Crippen molar-refractivity contribution in [3.63, 3.8) is 0 Å². The van der Waals surface area contributed by atoms with Gasteiger partial charge in [-0.05, 0) is 30.7 Å². The van der Waals surface area contributed by atoms with Gasteiger partial charge in [0.25, 0.3) is 0 Å². The summed E-state index contributed by atoms with van der Waals surface area (Å²) < 4.78 is 0. The minimum Gasteiger partial charge on any atom is -0.385 e. The Kier molecular flexibility index (Phi) is 3.06. The van der Waals surface area contributed by atoms with Gasteiger partial charge in [-0.3, -0.25) is 4.98 Å². The molecule has 0 amide bonds. The van der Waals surface area contributed by atoms with E-state index in [1.165, 1.54) is 6.42 Å². The van der Waals surface area contributed by atoms with Crippen LogP contribution in [0.15, 0.2) is 36.5 Å². The quantitative estimate of drug-likeness (QED) is 0.839. The maximum atomic E-state index is 11.2. The Morgan fingerprint density at radius 3 is 2.79 bits per heavy atom. The molecular formula is C17H21NO. The lowest BCUT2D eigenvalue weighted by Crippen LogP contribution is -2.39. The van der Waals surface area contributed by atoms with Crippen molar-refractivity contribution >= 4 is 10.9 Å². The van der Waals surface area contributed by atoms with Crippen LogP contribution < -0.4 is 0 Å². The molecule has 1 heterocycles. The lowest BCUT2D eigenvalue weighted by molar-refractivity contribution is -0.0616. The molecule has 0 aliphatic heterocycles. The third kappa shape index (κ3) is 2.04. The molecule has 19 heavy (non-hydrogen) atoms. The molecule has 1 fully saturated rings. The number of pyridine rings is 1. The Balaban J connectivity index is 2.17. The molecule has 2 nitrogen and oxygen atoms in total. The molecule has 2 heteroatoms. The third-order valence-corrected chi connectivity index (χ3v) is 4.67. The summed E-state index contributed by atoms with van der Waals surface area (Å²) in [4.78, 5) is 4.50. The molecule has 3 rings (SSSR count). The van der Waals surface area contributed by atoms with Gasteiger partial charge >= 0.3 is 0 Å². The van der Waals surface area contributed by atoms with E-state index >= 15 is 0 Å². The van der Waals surface area contributed by atoms with Crippen LogP contribution in [0, 0.1) is 11.8 Å². The van der Waals surface area contributed by atoms with Crippen LogP contribution in [0.3, 0.4) is 0 Å². The minimum absolute atomic E-state index is 0.288. The molecule has 1 aromatic heterocycles. The second-order valence-corrected chi connectivity index (χ2v) is 6.09. The van der Waals surface area contributed by atoms with Crippen LogP contribution in [0.4, 0.5) is 0 Å². The van der Waals surface area contributed by atoms with Gasteiger partial charge < -0.3 is 5.11 Å². The zero-order chi connectivity index (χ0) is 13.5. The van der Waals surface area contributed by atoms with Gasteiger partial charge in [-0.15, -0.1) is 0 Å². The molecule has 0 radical (unpaired) electrons. The Labute approximate surface area is 114 Å². The highest BCUT2D eigenvalue weighted by Crippen LogP contribution is 2.45. The first-order valence-corrected chi connectivity index (χ1v) is 7.18. The zero-order valence-corrected chi connectivity index (χ0v) is 11.6. The number of rotatable bonds is 1. The number of aromatic nitrogens is 1. The van der Waals surface area contributed by atoms with Crippen LogP contribution >= 0.6 is 0 Å². The SMILES string of the molecule is CC1CCC(C)C(O)(c2cccc3cccnc23)C1. The van der Waals surface area contributed by atoms with E-state index in [2.05, 4.69) is 31.0 Å². The monoisotopic (exact) mass is 255 g/mol. The first-order chi connectivity index (χ1) is 9.11. The maximum Gasteiger partial charge on any atom is 0.0945 e. The molecule has 1 aliphatic carbocycles. The summed E-state index contributed by atoms with van der Waals surface area (Å²) in [7, 11) is 0. The summed E-state index contributed by atoms with van der Waals surface area (Å²) in [6, 6.07) is 10.1. The average Bonchev–Trinajstić information content (AvgIpc) is 2.42. The number of hydrogen-bond acceptors (Lipinski definition) is 2. The van der Waals surface area contributed by atoms with E-state index in [1.54, 1.807) is 0 Å². The molecule has 100 valence electrons. The summed E-state index contributed by atoms with van der Waals surface area (Å²) >= 11 is 0. The summed E-state index contributed by atoms with van der Waals surface area (Å²) in [6.07, 6.45) is 4.94. The summed E-state index contributed by atoms with van der Waals surface area (Å²) in [5, 5.41) is 12.3. The molecule has 2 aromatic rings. The van der Waals surface area contributed by atoms with E-state index < -0.39 is 5.60 Å². The topological polar surface area (TPSA) is 33.1 Å². The predicted molar refractivity (Wildman–Crippen MR) is 77.8 cm³/mol. The number of fused-ring (bicyclic) bond motifs is 1. The van der Waals surface area contributed by atoms with Crippen molar-refractivity contribution in [2.75, 3.05) is 0 Å². The fourth-order valence-electron chi connectivity index (χ4n) is 3.44. The molecule has 1 N–H and O–H groups in total. The van der Waals surface area contributed by atoms with Gasteiger partial charge in [-0.25, -0.2) is 0 Å². The van der Waals surface area contributed by atoms with Gasteiger partial charge in [-0.2, -0.15) is 0 Å². The fourth-order valence-corrected chi connectivity index (χ4v) is 3.44. The molecule has 0 spiro atoms. The van der Waals surface area contributed by atoms with E-state index in [0.29, 0.717) is 5.92 Å². The van der Waals surface area contributed by atoms with E-state index in [4.69, 9.17) is 0 Å².